The predicted octanol–water partition coefficient (Wildman–Crippen LogP) is 1.80. The van der Waals surface area contributed by atoms with Gasteiger partial charge in [0.05, 0.1) is 19.8 Å². The second-order valence-corrected chi connectivity index (χ2v) is 6.94. The van der Waals surface area contributed by atoms with Crippen molar-refractivity contribution in [2.45, 2.75) is 45.4 Å². The molecule has 8 nitrogen and oxygen atoms in total. The van der Waals surface area contributed by atoms with Gasteiger partial charge in [-0.2, -0.15) is 0 Å². The number of tetrazole rings is 1. The molecule has 0 atom stereocenters. The van der Waals surface area contributed by atoms with Crippen LogP contribution >= 0.6 is 0 Å². The van der Waals surface area contributed by atoms with Crippen molar-refractivity contribution in [1.82, 2.24) is 20.2 Å². The lowest BCUT2D eigenvalue weighted by molar-refractivity contribution is -0.185. The Hall–Kier alpha value is -1.93. The van der Waals surface area contributed by atoms with Crippen molar-refractivity contribution in [3.63, 3.8) is 0 Å². The first-order valence-electron chi connectivity index (χ1n) is 8.98. The number of furan rings is 1. The monoisotopic (exact) mass is 347 g/mol. The number of hydrogen-bond acceptors (Lipinski definition) is 7. The van der Waals surface area contributed by atoms with E-state index in [0.717, 1.165) is 49.8 Å². The molecule has 8 heteroatoms. The van der Waals surface area contributed by atoms with Gasteiger partial charge in [-0.25, -0.2) is 4.68 Å². The second-order valence-electron chi connectivity index (χ2n) is 6.94. The molecular weight excluding hydrogens is 322 g/mol. The quantitative estimate of drug-likeness (QED) is 0.816. The Bertz CT molecular complexity index is 699. The summed E-state index contributed by atoms with van der Waals surface area (Å²) in [6, 6.07) is 3.99. The summed E-state index contributed by atoms with van der Waals surface area (Å²) < 4.78 is 19.1. The minimum Gasteiger partial charge on any atom is -0.466 e. The van der Waals surface area contributed by atoms with Crippen LogP contribution in [0.25, 0.3) is 0 Å². The van der Waals surface area contributed by atoms with E-state index < -0.39 is 5.79 Å². The SMILES string of the molecule is Cc1ccc(CCn2nnnc2N2CCC(C3(C)OCCO3)CC2)o1. The topological polar surface area (TPSA) is 78.4 Å². The Morgan fingerprint density at radius 1 is 1.20 bits per heavy atom. The van der Waals surface area contributed by atoms with Crippen LogP contribution in [-0.2, 0) is 22.4 Å². The van der Waals surface area contributed by atoms with E-state index in [4.69, 9.17) is 13.9 Å². The average Bonchev–Trinajstić information content (AvgIpc) is 3.35. The molecule has 0 unspecified atom stereocenters. The Kier molecular flexibility index (Phi) is 4.47. The number of nitrogens with zero attached hydrogens (tertiary/aromatic N) is 5. The van der Waals surface area contributed by atoms with Gasteiger partial charge in [0.2, 0.25) is 5.95 Å². The van der Waals surface area contributed by atoms with Gasteiger partial charge in [-0.1, -0.05) is 5.10 Å². The van der Waals surface area contributed by atoms with Crippen LogP contribution in [0.15, 0.2) is 16.5 Å². The molecule has 0 saturated carbocycles. The fraction of sp³-hybridized carbons (Fsp3) is 0.706. The summed E-state index contributed by atoms with van der Waals surface area (Å²) in [4.78, 5) is 2.25. The van der Waals surface area contributed by atoms with E-state index >= 15 is 0 Å². The zero-order valence-corrected chi connectivity index (χ0v) is 14.8. The van der Waals surface area contributed by atoms with Crippen LogP contribution in [0.4, 0.5) is 5.95 Å². The first-order chi connectivity index (χ1) is 12.1. The number of hydrogen-bond donors (Lipinski definition) is 0. The molecule has 4 rings (SSSR count). The summed E-state index contributed by atoms with van der Waals surface area (Å²) in [5.74, 6) is 2.72. The van der Waals surface area contributed by atoms with Crippen LogP contribution in [0.3, 0.4) is 0 Å². The molecule has 0 spiro atoms. The molecule has 136 valence electrons. The number of aromatic nitrogens is 4. The highest BCUT2D eigenvalue weighted by Gasteiger charge is 2.41. The number of piperidine rings is 1. The third-order valence-electron chi connectivity index (χ3n) is 5.26. The highest BCUT2D eigenvalue weighted by Crippen LogP contribution is 2.35. The lowest BCUT2D eigenvalue weighted by atomic mass is 9.89. The van der Waals surface area contributed by atoms with Crippen LogP contribution in [0, 0.1) is 12.8 Å². The van der Waals surface area contributed by atoms with Crippen molar-refractivity contribution >= 4 is 5.95 Å². The van der Waals surface area contributed by atoms with Gasteiger partial charge in [-0.3, -0.25) is 0 Å². The first-order valence-corrected chi connectivity index (χ1v) is 8.98. The first kappa shape index (κ1) is 16.5. The molecule has 2 fully saturated rings. The van der Waals surface area contributed by atoms with Crippen molar-refractivity contribution in [2.75, 3.05) is 31.2 Å². The normalized spacial score (nSPS) is 21.1. The molecule has 2 saturated heterocycles. The molecule has 25 heavy (non-hydrogen) atoms. The van der Waals surface area contributed by atoms with Crippen molar-refractivity contribution in [1.29, 1.82) is 0 Å². The van der Waals surface area contributed by atoms with Crippen molar-refractivity contribution in [2.24, 2.45) is 5.92 Å². The number of ether oxygens (including phenoxy) is 2. The largest absolute Gasteiger partial charge is 0.466 e. The van der Waals surface area contributed by atoms with Gasteiger partial charge in [0.25, 0.3) is 0 Å². The summed E-state index contributed by atoms with van der Waals surface area (Å²) in [5, 5.41) is 12.2. The van der Waals surface area contributed by atoms with E-state index in [9.17, 15) is 0 Å². The molecule has 0 aromatic carbocycles. The Morgan fingerprint density at radius 3 is 2.64 bits per heavy atom. The summed E-state index contributed by atoms with van der Waals surface area (Å²) in [5.41, 5.74) is 0. The highest BCUT2D eigenvalue weighted by atomic mass is 16.7. The molecule has 2 aromatic heterocycles. The number of rotatable bonds is 5. The highest BCUT2D eigenvalue weighted by molar-refractivity contribution is 5.29. The van der Waals surface area contributed by atoms with Gasteiger partial charge in [-0.15, -0.1) is 0 Å². The maximum Gasteiger partial charge on any atom is 0.245 e. The van der Waals surface area contributed by atoms with Crippen LogP contribution in [-0.4, -0.2) is 52.3 Å². The van der Waals surface area contributed by atoms with Gasteiger partial charge < -0.3 is 18.8 Å². The summed E-state index contributed by atoms with van der Waals surface area (Å²) in [7, 11) is 0. The molecule has 2 aliphatic heterocycles. The zero-order valence-electron chi connectivity index (χ0n) is 14.8. The third-order valence-corrected chi connectivity index (χ3v) is 5.26. The minimum atomic E-state index is -0.421. The van der Waals surface area contributed by atoms with E-state index in [1.54, 1.807) is 0 Å². The van der Waals surface area contributed by atoms with Crippen LogP contribution < -0.4 is 4.90 Å². The molecule has 2 aromatic rings. The second kappa shape index (κ2) is 6.76. The fourth-order valence-electron chi connectivity index (χ4n) is 3.78. The Balaban J connectivity index is 1.36. The van der Waals surface area contributed by atoms with E-state index in [-0.39, 0.29) is 0 Å². The number of aryl methyl sites for hydroxylation is 3. The van der Waals surface area contributed by atoms with Crippen LogP contribution in [0.5, 0.6) is 0 Å². The molecule has 0 bridgehead atoms. The number of anilines is 1. The summed E-state index contributed by atoms with van der Waals surface area (Å²) >= 11 is 0. The fourth-order valence-corrected chi connectivity index (χ4v) is 3.78. The lowest BCUT2D eigenvalue weighted by Gasteiger charge is -2.39. The minimum absolute atomic E-state index is 0.418. The molecule has 0 aliphatic carbocycles. The van der Waals surface area contributed by atoms with Gasteiger partial charge >= 0.3 is 0 Å². The van der Waals surface area contributed by atoms with Crippen LogP contribution in [0.2, 0.25) is 0 Å². The molecule has 0 N–H and O–H groups in total. The maximum atomic E-state index is 5.82. The molecule has 2 aliphatic rings. The third kappa shape index (κ3) is 3.41. The predicted molar refractivity (Wildman–Crippen MR) is 90.2 cm³/mol. The molecule has 0 amide bonds. The maximum absolute atomic E-state index is 5.82. The van der Waals surface area contributed by atoms with Crippen LogP contribution in [0.1, 0.15) is 31.3 Å². The van der Waals surface area contributed by atoms with E-state index in [1.807, 2.05) is 23.7 Å². The molecular formula is C17H25N5O3. The molecule has 0 radical (unpaired) electrons. The van der Waals surface area contributed by atoms with E-state index in [1.165, 1.54) is 0 Å². The Morgan fingerprint density at radius 2 is 1.96 bits per heavy atom. The van der Waals surface area contributed by atoms with Crippen molar-refractivity contribution in [3.8, 4) is 0 Å². The summed E-state index contributed by atoms with van der Waals surface area (Å²) in [6.07, 6.45) is 2.81. The smallest absolute Gasteiger partial charge is 0.245 e. The van der Waals surface area contributed by atoms with E-state index in [0.29, 0.717) is 25.7 Å². The van der Waals surface area contributed by atoms with Gasteiger partial charge in [-0.05, 0) is 49.2 Å². The van der Waals surface area contributed by atoms with E-state index in [2.05, 4.69) is 27.3 Å². The Labute approximate surface area is 147 Å². The standard InChI is InChI=1S/C17H25N5O3/c1-13-3-4-15(25-13)7-10-22-16(18-19-20-22)21-8-5-14(6-9-21)17(2)23-11-12-24-17/h3-4,14H,5-12H2,1-2H3. The van der Waals surface area contributed by atoms with Gasteiger partial charge in [0.15, 0.2) is 5.79 Å². The molecule has 4 heterocycles. The van der Waals surface area contributed by atoms with Crippen molar-refractivity contribution < 1.29 is 13.9 Å². The zero-order chi connectivity index (χ0) is 17.3. The summed E-state index contributed by atoms with van der Waals surface area (Å²) in [6.45, 7) is 7.94. The average molecular weight is 347 g/mol. The van der Waals surface area contributed by atoms with Gasteiger partial charge in [0, 0.05) is 25.4 Å². The van der Waals surface area contributed by atoms with Crippen molar-refractivity contribution in [3.05, 3.63) is 23.7 Å². The van der Waals surface area contributed by atoms with Gasteiger partial charge in [0.1, 0.15) is 11.5 Å². The lowest BCUT2D eigenvalue weighted by Crippen LogP contribution is -2.45.